The van der Waals surface area contributed by atoms with Gasteiger partial charge in [0, 0.05) is 0 Å². The molecule has 5 heteroatoms. The summed E-state index contributed by atoms with van der Waals surface area (Å²) < 4.78 is 0. The monoisotopic (exact) mass is 195 g/mol. The van der Waals surface area contributed by atoms with Gasteiger partial charge in [-0.05, 0) is 12.1 Å². The molecule has 0 saturated heterocycles. The Kier molecular flexibility index (Phi) is 3.63. The van der Waals surface area contributed by atoms with Crippen molar-refractivity contribution in [3.05, 3.63) is 35.9 Å². The highest BCUT2D eigenvalue weighted by Crippen LogP contribution is 1.99. The molecule has 5 nitrogen and oxygen atoms in total. The molecule has 0 saturated carbocycles. The quantitative estimate of drug-likeness (QED) is 0.644. The number of rotatable bonds is 2. The number of hydroxylamine groups is 1. The van der Waals surface area contributed by atoms with Crippen molar-refractivity contribution in [3.8, 4) is 0 Å². The van der Waals surface area contributed by atoms with Gasteiger partial charge in [0.1, 0.15) is 6.61 Å². The number of nitrogens with one attached hydrogen (secondary N) is 1. The second-order valence-corrected chi connectivity index (χ2v) is 2.44. The van der Waals surface area contributed by atoms with E-state index in [2.05, 4.69) is 4.84 Å². The van der Waals surface area contributed by atoms with E-state index in [0.29, 0.717) is 5.56 Å². The standard InChI is InChI=1S/C9H9NO4/c11-6-8(12)10-14-9(13)7-4-2-1-3-5-7/h1-5,11H,6H2,(H,10,12). The number of aliphatic hydroxyl groups excluding tert-OH is 1. The molecule has 0 spiro atoms. The van der Waals surface area contributed by atoms with E-state index >= 15 is 0 Å². The summed E-state index contributed by atoms with van der Waals surface area (Å²) in [6, 6.07) is 8.19. The molecule has 0 atom stereocenters. The van der Waals surface area contributed by atoms with Crippen LogP contribution in [0.2, 0.25) is 0 Å². The Bertz CT molecular complexity index is 323. The Morgan fingerprint density at radius 3 is 2.50 bits per heavy atom. The molecule has 1 rings (SSSR count). The first-order chi connectivity index (χ1) is 6.74. The molecule has 1 aromatic carbocycles. The van der Waals surface area contributed by atoms with E-state index in [0.717, 1.165) is 0 Å². The number of hydrogen-bond acceptors (Lipinski definition) is 4. The third-order valence-corrected chi connectivity index (χ3v) is 1.41. The minimum absolute atomic E-state index is 0.325. The first-order valence-electron chi connectivity index (χ1n) is 3.90. The minimum Gasteiger partial charge on any atom is -0.386 e. The van der Waals surface area contributed by atoms with E-state index in [9.17, 15) is 9.59 Å². The summed E-state index contributed by atoms with van der Waals surface area (Å²) in [5.74, 6) is -1.44. The van der Waals surface area contributed by atoms with Crippen LogP contribution in [0.3, 0.4) is 0 Å². The number of amides is 1. The van der Waals surface area contributed by atoms with Crippen LogP contribution in [0, 0.1) is 0 Å². The van der Waals surface area contributed by atoms with Crippen LogP contribution in [0.25, 0.3) is 0 Å². The fourth-order valence-electron chi connectivity index (χ4n) is 0.769. The first kappa shape index (κ1) is 10.2. The Morgan fingerprint density at radius 1 is 1.29 bits per heavy atom. The Morgan fingerprint density at radius 2 is 1.93 bits per heavy atom. The molecule has 0 unspecified atom stereocenters. The molecule has 2 N–H and O–H groups in total. The van der Waals surface area contributed by atoms with Crippen molar-refractivity contribution in [3.63, 3.8) is 0 Å². The second kappa shape index (κ2) is 4.98. The lowest BCUT2D eigenvalue weighted by molar-refractivity contribution is -0.132. The fraction of sp³-hybridized carbons (Fsp3) is 0.111. The van der Waals surface area contributed by atoms with E-state index in [-0.39, 0.29) is 0 Å². The van der Waals surface area contributed by atoms with Gasteiger partial charge in [0.05, 0.1) is 5.56 Å². The molecule has 0 aliphatic rings. The molecule has 1 amide bonds. The largest absolute Gasteiger partial charge is 0.386 e. The number of carbonyl (C=O) groups excluding carboxylic acids is 2. The molecular formula is C9H9NO4. The van der Waals surface area contributed by atoms with Crippen LogP contribution in [0.15, 0.2) is 30.3 Å². The van der Waals surface area contributed by atoms with Crippen molar-refractivity contribution in [2.75, 3.05) is 6.61 Å². The normalized spacial score (nSPS) is 9.21. The summed E-state index contributed by atoms with van der Waals surface area (Å²) in [6.45, 7) is -0.720. The van der Waals surface area contributed by atoms with Gasteiger partial charge in [0.25, 0.3) is 5.91 Å². The van der Waals surface area contributed by atoms with Crippen LogP contribution >= 0.6 is 0 Å². The molecule has 0 fully saturated rings. The molecule has 14 heavy (non-hydrogen) atoms. The average Bonchev–Trinajstić information content (AvgIpc) is 2.26. The van der Waals surface area contributed by atoms with E-state index < -0.39 is 18.5 Å². The Labute approximate surface area is 80.3 Å². The zero-order valence-electron chi connectivity index (χ0n) is 7.27. The number of benzene rings is 1. The van der Waals surface area contributed by atoms with Gasteiger partial charge in [0.2, 0.25) is 0 Å². The molecule has 0 radical (unpaired) electrons. The van der Waals surface area contributed by atoms with Crippen LogP contribution in [0.1, 0.15) is 10.4 Å². The van der Waals surface area contributed by atoms with Crippen molar-refractivity contribution < 1.29 is 19.5 Å². The third-order valence-electron chi connectivity index (χ3n) is 1.41. The van der Waals surface area contributed by atoms with Crippen LogP contribution in [0.4, 0.5) is 0 Å². The van der Waals surface area contributed by atoms with Gasteiger partial charge in [-0.1, -0.05) is 18.2 Å². The zero-order valence-corrected chi connectivity index (χ0v) is 7.27. The average molecular weight is 195 g/mol. The van der Waals surface area contributed by atoms with Crippen molar-refractivity contribution in [1.82, 2.24) is 5.48 Å². The topological polar surface area (TPSA) is 75.6 Å². The van der Waals surface area contributed by atoms with Gasteiger partial charge >= 0.3 is 5.97 Å². The van der Waals surface area contributed by atoms with E-state index in [4.69, 9.17) is 5.11 Å². The molecule has 0 aliphatic carbocycles. The highest BCUT2D eigenvalue weighted by atomic mass is 16.7. The zero-order chi connectivity index (χ0) is 10.4. The summed E-state index contributed by atoms with van der Waals surface area (Å²) in [7, 11) is 0. The SMILES string of the molecule is O=C(CO)NOC(=O)c1ccccc1. The molecule has 1 aromatic rings. The van der Waals surface area contributed by atoms with Crippen molar-refractivity contribution in [2.24, 2.45) is 0 Å². The van der Waals surface area contributed by atoms with Gasteiger partial charge in [-0.25, -0.2) is 4.79 Å². The van der Waals surface area contributed by atoms with Crippen molar-refractivity contribution in [2.45, 2.75) is 0 Å². The molecule has 74 valence electrons. The number of aliphatic hydroxyl groups is 1. The number of hydrogen-bond donors (Lipinski definition) is 2. The molecular weight excluding hydrogens is 186 g/mol. The second-order valence-electron chi connectivity index (χ2n) is 2.44. The lowest BCUT2D eigenvalue weighted by Crippen LogP contribution is -2.29. The van der Waals surface area contributed by atoms with Gasteiger partial charge in [-0.3, -0.25) is 4.79 Å². The van der Waals surface area contributed by atoms with Crippen molar-refractivity contribution >= 4 is 11.9 Å². The highest BCUT2D eigenvalue weighted by molar-refractivity contribution is 5.90. The molecule has 0 heterocycles. The van der Waals surface area contributed by atoms with E-state index in [1.807, 2.05) is 0 Å². The maximum Gasteiger partial charge on any atom is 0.362 e. The Hall–Kier alpha value is -1.88. The third kappa shape index (κ3) is 2.87. The maximum absolute atomic E-state index is 11.1. The summed E-state index contributed by atoms with van der Waals surface area (Å²) in [6.07, 6.45) is 0. The lowest BCUT2D eigenvalue weighted by atomic mass is 10.2. The predicted octanol–water partition coefficient (Wildman–Crippen LogP) is -0.133. The molecule has 0 aromatic heterocycles. The first-order valence-corrected chi connectivity index (χ1v) is 3.90. The number of carbonyl (C=O) groups is 2. The summed E-state index contributed by atoms with van der Waals surface area (Å²) in [5, 5.41) is 8.31. The van der Waals surface area contributed by atoms with Gasteiger partial charge < -0.3 is 9.94 Å². The summed E-state index contributed by atoms with van der Waals surface area (Å²) in [4.78, 5) is 26.0. The molecule has 0 aliphatic heterocycles. The van der Waals surface area contributed by atoms with Crippen LogP contribution in [0.5, 0.6) is 0 Å². The van der Waals surface area contributed by atoms with Crippen LogP contribution in [-0.4, -0.2) is 23.6 Å². The minimum atomic E-state index is -0.769. The van der Waals surface area contributed by atoms with Gasteiger partial charge in [0.15, 0.2) is 0 Å². The maximum atomic E-state index is 11.1. The van der Waals surface area contributed by atoms with Crippen LogP contribution < -0.4 is 5.48 Å². The summed E-state index contributed by atoms with van der Waals surface area (Å²) in [5.41, 5.74) is 2.12. The fourth-order valence-corrected chi connectivity index (χ4v) is 0.769. The van der Waals surface area contributed by atoms with E-state index in [1.54, 1.807) is 35.8 Å². The lowest BCUT2D eigenvalue weighted by Gasteiger charge is -2.03. The van der Waals surface area contributed by atoms with Crippen LogP contribution in [-0.2, 0) is 9.63 Å². The predicted molar refractivity (Wildman–Crippen MR) is 47.1 cm³/mol. The van der Waals surface area contributed by atoms with Gasteiger partial charge in [-0.2, -0.15) is 5.48 Å². The van der Waals surface area contributed by atoms with Crippen molar-refractivity contribution in [1.29, 1.82) is 0 Å². The highest BCUT2D eigenvalue weighted by Gasteiger charge is 2.07. The summed E-state index contributed by atoms with van der Waals surface area (Å²) >= 11 is 0. The van der Waals surface area contributed by atoms with Gasteiger partial charge in [-0.15, -0.1) is 0 Å². The van der Waals surface area contributed by atoms with E-state index in [1.165, 1.54) is 0 Å². The smallest absolute Gasteiger partial charge is 0.362 e. The Balaban J connectivity index is 2.48. The molecule has 0 bridgehead atoms.